The molecule has 5 aromatic rings. The highest BCUT2D eigenvalue weighted by molar-refractivity contribution is 7.26. The second-order valence-corrected chi connectivity index (χ2v) is 9.38. The van der Waals surface area contributed by atoms with Gasteiger partial charge < -0.3 is 0 Å². The molecule has 0 radical (unpaired) electrons. The normalized spacial score (nSPS) is 11.6. The molecule has 0 aliphatic rings. The molecule has 0 saturated heterocycles. The fourth-order valence-electron chi connectivity index (χ4n) is 4.17. The fraction of sp³-hybridized carbons (Fsp3) is 0.148. The molecule has 0 saturated carbocycles. The van der Waals surface area contributed by atoms with Crippen LogP contribution < -0.4 is 0 Å². The molecule has 2 heterocycles. The van der Waals surface area contributed by atoms with Gasteiger partial charge in [0, 0.05) is 38.0 Å². The van der Waals surface area contributed by atoms with Crippen molar-refractivity contribution in [1.29, 1.82) is 0 Å². The Labute approximate surface area is 184 Å². The molecule has 0 N–H and O–H groups in total. The van der Waals surface area contributed by atoms with Gasteiger partial charge in [0.25, 0.3) is 0 Å². The first-order chi connectivity index (χ1) is 15.0. The fourth-order valence-corrected chi connectivity index (χ4v) is 5.34. The number of benzene rings is 3. The van der Waals surface area contributed by atoms with Crippen molar-refractivity contribution in [3.8, 4) is 22.4 Å². The van der Waals surface area contributed by atoms with Gasteiger partial charge in [0.15, 0.2) is 0 Å². The molecule has 0 unspecified atom stereocenters. The Morgan fingerprint density at radius 1 is 0.839 bits per heavy atom. The van der Waals surface area contributed by atoms with Crippen LogP contribution in [0.25, 0.3) is 42.6 Å². The van der Waals surface area contributed by atoms with Gasteiger partial charge >= 0.3 is 0 Å². The highest BCUT2D eigenvalue weighted by Crippen LogP contribution is 2.42. The molecule has 4 heteroatoms. The predicted octanol–water partition coefficient (Wildman–Crippen LogP) is 8.26. The van der Waals surface area contributed by atoms with Crippen LogP contribution in [0.2, 0.25) is 0 Å². The maximum atomic E-state index is 14.1. The standard InChI is InChI=1S/C27H21F2NS/c1-16(2)9-17-7-8-30-24(10-17)19-13-23(18-11-20(28)15-21(29)12-18)27-22-5-3-4-6-25(22)31-26(27)14-19/h3-8,10-16H,9H2,1-2H3. The Morgan fingerprint density at radius 3 is 2.39 bits per heavy atom. The van der Waals surface area contributed by atoms with Crippen molar-refractivity contribution in [1.82, 2.24) is 4.98 Å². The van der Waals surface area contributed by atoms with E-state index in [0.717, 1.165) is 49.5 Å². The van der Waals surface area contributed by atoms with E-state index in [-0.39, 0.29) is 0 Å². The Bertz CT molecular complexity index is 1400. The molecule has 2 aromatic heterocycles. The SMILES string of the molecule is CC(C)Cc1ccnc(-c2cc(-c3cc(F)cc(F)c3)c3c(c2)sc2ccccc23)c1. The lowest BCUT2D eigenvalue weighted by molar-refractivity contribution is 0.584. The minimum Gasteiger partial charge on any atom is -0.256 e. The number of pyridine rings is 1. The van der Waals surface area contributed by atoms with Crippen LogP contribution in [0.5, 0.6) is 0 Å². The van der Waals surface area contributed by atoms with Crippen LogP contribution in [-0.2, 0) is 6.42 Å². The summed E-state index contributed by atoms with van der Waals surface area (Å²) < 4.78 is 30.4. The second kappa shape index (κ2) is 7.86. The monoisotopic (exact) mass is 429 g/mol. The van der Waals surface area contributed by atoms with Gasteiger partial charge in [-0.25, -0.2) is 8.78 Å². The Hall–Kier alpha value is -3.11. The van der Waals surface area contributed by atoms with E-state index in [2.05, 4.69) is 43.1 Å². The summed E-state index contributed by atoms with van der Waals surface area (Å²) in [7, 11) is 0. The molecule has 5 rings (SSSR count). The van der Waals surface area contributed by atoms with Crippen molar-refractivity contribution in [2.45, 2.75) is 20.3 Å². The zero-order chi connectivity index (χ0) is 21.5. The summed E-state index contributed by atoms with van der Waals surface area (Å²) in [6.45, 7) is 4.39. The Morgan fingerprint density at radius 2 is 1.61 bits per heavy atom. The summed E-state index contributed by atoms with van der Waals surface area (Å²) in [6, 6.07) is 20.2. The lowest BCUT2D eigenvalue weighted by Gasteiger charge is -2.11. The minimum atomic E-state index is -0.579. The van der Waals surface area contributed by atoms with Crippen molar-refractivity contribution in [2.75, 3.05) is 0 Å². The molecule has 1 nitrogen and oxygen atoms in total. The van der Waals surface area contributed by atoms with Gasteiger partial charge in [-0.3, -0.25) is 4.98 Å². The number of halogens is 2. The smallest absolute Gasteiger partial charge is 0.126 e. The summed E-state index contributed by atoms with van der Waals surface area (Å²) in [5.41, 5.74) is 4.40. The van der Waals surface area contributed by atoms with Gasteiger partial charge in [0.2, 0.25) is 0 Å². The molecule has 0 spiro atoms. The summed E-state index contributed by atoms with van der Waals surface area (Å²) >= 11 is 1.69. The van der Waals surface area contributed by atoms with E-state index < -0.39 is 11.6 Å². The largest absolute Gasteiger partial charge is 0.256 e. The molecule has 0 bridgehead atoms. The summed E-state index contributed by atoms with van der Waals surface area (Å²) in [6.07, 6.45) is 2.81. The molecule has 0 atom stereocenters. The van der Waals surface area contributed by atoms with Crippen LogP contribution in [0.3, 0.4) is 0 Å². The van der Waals surface area contributed by atoms with E-state index in [4.69, 9.17) is 0 Å². The lowest BCUT2D eigenvalue weighted by Crippen LogP contribution is -1.95. The molecule has 154 valence electrons. The average molecular weight is 430 g/mol. The molecule has 0 amide bonds. The number of hydrogen-bond donors (Lipinski definition) is 0. The number of aromatic nitrogens is 1. The number of fused-ring (bicyclic) bond motifs is 3. The van der Waals surface area contributed by atoms with Crippen LogP contribution in [0.4, 0.5) is 8.78 Å². The van der Waals surface area contributed by atoms with Crippen LogP contribution in [-0.4, -0.2) is 4.98 Å². The topological polar surface area (TPSA) is 12.9 Å². The first-order valence-corrected chi connectivity index (χ1v) is 11.2. The van der Waals surface area contributed by atoms with Crippen LogP contribution in [0.1, 0.15) is 19.4 Å². The van der Waals surface area contributed by atoms with E-state index in [1.54, 1.807) is 11.3 Å². The molecule has 3 aromatic carbocycles. The minimum absolute atomic E-state index is 0.534. The third-order valence-electron chi connectivity index (χ3n) is 5.42. The zero-order valence-electron chi connectivity index (χ0n) is 17.3. The second-order valence-electron chi connectivity index (χ2n) is 8.30. The highest BCUT2D eigenvalue weighted by atomic mass is 32.1. The molecule has 0 fully saturated rings. The summed E-state index contributed by atoms with van der Waals surface area (Å²) in [4.78, 5) is 4.60. The van der Waals surface area contributed by atoms with Crippen LogP contribution in [0, 0.1) is 17.6 Å². The molecular formula is C27H21F2NS. The summed E-state index contributed by atoms with van der Waals surface area (Å²) in [5, 5.41) is 2.11. The maximum Gasteiger partial charge on any atom is 0.126 e. The van der Waals surface area contributed by atoms with Crippen molar-refractivity contribution in [3.63, 3.8) is 0 Å². The molecule has 31 heavy (non-hydrogen) atoms. The number of hydrogen-bond acceptors (Lipinski definition) is 2. The first kappa shape index (κ1) is 19.8. The van der Waals surface area contributed by atoms with E-state index in [0.29, 0.717) is 11.5 Å². The Balaban J connectivity index is 1.79. The number of thiophene rings is 1. The first-order valence-electron chi connectivity index (χ1n) is 10.3. The number of rotatable bonds is 4. The van der Waals surface area contributed by atoms with Gasteiger partial charge in [-0.1, -0.05) is 32.0 Å². The Kier molecular flexibility index (Phi) is 5.03. The van der Waals surface area contributed by atoms with Gasteiger partial charge in [-0.05, 0) is 71.5 Å². The summed E-state index contributed by atoms with van der Waals surface area (Å²) in [5.74, 6) is -0.610. The maximum absolute atomic E-state index is 14.1. The predicted molar refractivity (Wildman–Crippen MR) is 126 cm³/mol. The average Bonchev–Trinajstić information content (AvgIpc) is 3.10. The van der Waals surface area contributed by atoms with Crippen molar-refractivity contribution in [2.24, 2.45) is 5.92 Å². The lowest BCUT2D eigenvalue weighted by atomic mass is 9.95. The van der Waals surface area contributed by atoms with E-state index >= 15 is 0 Å². The van der Waals surface area contributed by atoms with Crippen LogP contribution >= 0.6 is 11.3 Å². The van der Waals surface area contributed by atoms with E-state index in [9.17, 15) is 8.78 Å². The molecule has 0 aliphatic heterocycles. The van der Waals surface area contributed by atoms with Crippen molar-refractivity contribution in [3.05, 3.63) is 90.1 Å². The van der Waals surface area contributed by atoms with Gasteiger partial charge in [0.1, 0.15) is 11.6 Å². The molecular weight excluding hydrogens is 408 g/mol. The zero-order valence-corrected chi connectivity index (χ0v) is 18.1. The highest BCUT2D eigenvalue weighted by Gasteiger charge is 2.15. The third kappa shape index (κ3) is 3.84. The van der Waals surface area contributed by atoms with Gasteiger partial charge in [-0.2, -0.15) is 0 Å². The van der Waals surface area contributed by atoms with Crippen molar-refractivity contribution < 1.29 is 8.78 Å². The van der Waals surface area contributed by atoms with Crippen molar-refractivity contribution >= 4 is 31.5 Å². The number of nitrogens with zero attached hydrogens (tertiary/aromatic N) is 1. The molecule has 0 aliphatic carbocycles. The van der Waals surface area contributed by atoms with Gasteiger partial charge in [-0.15, -0.1) is 11.3 Å². The van der Waals surface area contributed by atoms with E-state index in [1.807, 2.05) is 30.5 Å². The van der Waals surface area contributed by atoms with Gasteiger partial charge in [0.05, 0.1) is 5.69 Å². The van der Waals surface area contributed by atoms with E-state index in [1.165, 1.54) is 17.7 Å². The third-order valence-corrected chi connectivity index (χ3v) is 6.53. The van der Waals surface area contributed by atoms with Crippen LogP contribution in [0.15, 0.2) is 72.9 Å². The quantitative estimate of drug-likeness (QED) is 0.280.